The highest BCUT2D eigenvalue weighted by molar-refractivity contribution is 5.53. The van der Waals surface area contributed by atoms with E-state index < -0.39 is 16.8 Å². The molecule has 3 saturated carbocycles. The van der Waals surface area contributed by atoms with Gasteiger partial charge in [-0.2, -0.15) is 0 Å². The normalized spacial score (nSPS) is 34.6. The summed E-state index contributed by atoms with van der Waals surface area (Å²) < 4.78 is 27.9. The fraction of sp³-hybridized carbons (Fsp3) is 0.625. The highest BCUT2D eigenvalue weighted by atomic mass is 19.3. The Morgan fingerprint density at radius 3 is 2.37 bits per heavy atom. The van der Waals surface area contributed by atoms with E-state index in [2.05, 4.69) is 25.2 Å². The Morgan fingerprint density at radius 1 is 1.21 bits per heavy atom. The van der Waals surface area contributed by atoms with Crippen LogP contribution in [0.15, 0.2) is 24.3 Å². The Balaban J connectivity index is 1.72. The number of hydrogen-bond donors (Lipinski definition) is 1. The summed E-state index contributed by atoms with van der Waals surface area (Å²) in [6.07, 6.45) is 1.31. The molecular weight excluding hydrogens is 244 g/mol. The summed E-state index contributed by atoms with van der Waals surface area (Å²) in [6, 6.07) is 8.00. The van der Waals surface area contributed by atoms with Gasteiger partial charge in [0.1, 0.15) is 0 Å². The van der Waals surface area contributed by atoms with Crippen LogP contribution in [-0.4, -0.2) is 12.5 Å². The van der Waals surface area contributed by atoms with Crippen molar-refractivity contribution >= 4 is 5.69 Å². The maximum Gasteiger partial charge on any atom is 0.260 e. The van der Waals surface area contributed by atoms with E-state index >= 15 is 0 Å². The van der Waals surface area contributed by atoms with Crippen molar-refractivity contribution < 1.29 is 8.78 Å². The monoisotopic (exact) mass is 265 g/mol. The molecule has 0 amide bonds. The third-order valence-electron chi connectivity index (χ3n) is 5.08. The number of anilines is 1. The van der Waals surface area contributed by atoms with Crippen molar-refractivity contribution in [1.82, 2.24) is 0 Å². The predicted octanol–water partition coefficient (Wildman–Crippen LogP) is 4.66. The number of nitrogens with one attached hydrogen (secondary N) is 1. The number of benzene rings is 1. The van der Waals surface area contributed by atoms with E-state index in [9.17, 15) is 8.78 Å². The summed E-state index contributed by atoms with van der Waals surface area (Å²) in [5.74, 6) is -2.09. The topological polar surface area (TPSA) is 12.0 Å². The lowest BCUT2D eigenvalue weighted by Crippen LogP contribution is -2.79. The van der Waals surface area contributed by atoms with Crippen LogP contribution in [0.25, 0.3) is 0 Å². The van der Waals surface area contributed by atoms with E-state index in [1.807, 2.05) is 18.2 Å². The van der Waals surface area contributed by atoms with Gasteiger partial charge in [0.05, 0.1) is 5.41 Å². The van der Waals surface area contributed by atoms with Crippen molar-refractivity contribution in [3.63, 3.8) is 0 Å². The average Bonchev–Trinajstić information content (AvgIpc) is 2.34. The molecule has 4 rings (SSSR count). The number of alkyl halides is 2. The lowest BCUT2D eigenvalue weighted by Gasteiger charge is -2.74. The van der Waals surface area contributed by atoms with E-state index in [1.54, 1.807) is 6.92 Å². The summed E-state index contributed by atoms with van der Waals surface area (Å²) in [6.45, 7) is 6.34. The maximum absolute atomic E-state index is 13.9. The summed E-state index contributed by atoms with van der Waals surface area (Å²) in [4.78, 5) is 0. The second-order valence-electron chi connectivity index (χ2n) is 6.86. The highest BCUT2D eigenvalue weighted by Crippen LogP contribution is 2.81. The zero-order valence-corrected chi connectivity index (χ0v) is 11.8. The SMILES string of the molecule is CC(C)c1ccccc1NCC12CC(C)(C1)C2(F)F. The van der Waals surface area contributed by atoms with Crippen LogP contribution in [0.3, 0.4) is 0 Å². The van der Waals surface area contributed by atoms with Gasteiger partial charge >= 0.3 is 0 Å². The second-order valence-corrected chi connectivity index (χ2v) is 6.86. The summed E-state index contributed by atoms with van der Waals surface area (Å²) in [5, 5.41) is 3.27. The minimum absolute atomic E-state index is 0.388. The third kappa shape index (κ3) is 1.50. The van der Waals surface area contributed by atoms with Crippen molar-refractivity contribution in [3.8, 4) is 0 Å². The van der Waals surface area contributed by atoms with Crippen LogP contribution in [-0.2, 0) is 0 Å². The van der Waals surface area contributed by atoms with E-state index in [1.165, 1.54) is 5.56 Å². The first-order valence-electron chi connectivity index (χ1n) is 7.02. The molecule has 0 aromatic heterocycles. The molecular formula is C16H21F2N. The van der Waals surface area contributed by atoms with Crippen LogP contribution in [0.2, 0.25) is 0 Å². The van der Waals surface area contributed by atoms with E-state index in [0.29, 0.717) is 25.3 Å². The molecule has 3 aliphatic rings. The molecule has 3 heteroatoms. The summed E-state index contributed by atoms with van der Waals surface area (Å²) in [5.41, 5.74) is 0.699. The zero-order valence-electron chi connectivity index (χ0n) is 11.8. The fourth-order valence-electron chi connectivity index (χ4n) is 3.97. The molecule has 3 aliphatic carbocycles. The van der Waals surface area contributed by atoms with E-state index in [4.69, 9.17) is 0 Å². The first-order valence-corrected chi connectivity index (χ1v) is 7.02. The van der Waals surface area contributed by atoms with Crippen molar-refractivity contribution in [1.29, 1.82) is 0 Å². The summed E-state index contributed by atoms with van der Waals surface area (Å²) in [7, 11) is 0. The Morgan fingerprint density at radius 2 is 1.84 bits per heavy atom. The van der Waals surface area contributed by atoms with Gasteiger partial charge in [0.25, 0.3) is 5.92 Å². The molecule has 2 bridgehead atoms. The highest BCUT2D eigenvalue weighted by Gasteiger charge is 2.85. The number of rotatable bonds is 4. The molecule has 3 fully saturated rings. The quantitative estimate of drug-likeness (QED) is 0.835. The number of para-hydroxylation sites is 1. The van der Waals surface area contributed by atoms with Crippen molar-refractivity contribution in [3.05, 3.63) is 29.8 Å². The van der Waals surface area contributed by atoms with Gasteiger partial charge in [-0.05, 0) is 30.4 Å². The van der Waals surface area contributed by atoms with Crippen LogP contribution in [0.5, 0.6) is 0 Å². The molecule has 19 heavy (non-hydrogen) atoms. The van der Waals surface area contributed by atoms with Gasteiger partial charge in [-0.3, -0.25) is 0 Å². The fourth-order valence-corrected chi connectivity index (χ4v) is 3.97. The van der Waals surface area contributed by atoms with Crippen molar-refractivity contribution in [2.75, 3.05) is 11.9 Å². The molecule has 0 atom stereocenters. The molecule has 1 aromatic carbocycles. The summed E-state index contributed by atoms with van der Waals surface area (Å²) >= 11 is 0. The van der Waals surface area contributed by atoms with E-state index in [-0.39, 0.29) is 0 Å². The molecule has 1 nitrogen and oxygen atoms in total. The van der Waals surface area contributed by atoms with Crippen LogP contribution in [0.1, 0.15) is 45.1 Å². The lowest BCUT2D eigenvalue weighted by atomic mass is 9.33. The Labute approximate surface area is 113 Å². The third-order valence-corrected chi connectivity index (χ3v) is 5.08. The minimum Gasteiger partial charge on any atom is -0.384 e. The molecule has 0 radical (unpaired) electrons. The molecule has 0 unspecified atom stereocenters. The molecule has 0 heterocycles. The van der Waals surface area contributed by atoms with Gasteiger partial charge in [0.2, 0.25) is 0 Å². The van der Waals surface area contributed by atoms with Crippen molar-refractivity contribution in [2.45, 2.75) is 45.5 Å². The largest absolute Gasteiger partial charge is 0.384 e. The molecule has 1 aromatic rings. The standard InChI is InChI=1S/C16H21F2N/c1-11(2)12-6-4-5-7-13(12)19-10-15-8-14(3,9-15)16(15,17)18/h4-7,11,19H,8-10H2,1-3H3. The lowest BCUT2D eigenvalue weighted by molar-refractivity contribution is -0.399. The van der Waals surface area contributed by atoms with Crippen LogP contribution in [0, 0.1) is 10.8 Å². The predicted molar refractivity (Wildman–Crippen MR) is 73.7 cm³/mol. The first kappa shape index (κ1) is 12.9. The first-order chi connectivity index (χ1) is 8.81. The van der Waals surface area contributed by atoms with Gasteiger partial charge < -0.3 is 5.32 Å². The second kappa shape index (κ2) is 3.71. The molecule has 0 aliphatic heterocycles. The molecule has 1 N–H and O–H groups in total. The Kier molecular flexibility index (Phi) is 2.52. The van der Waals surface area contributed by atoms with Gasteiger partial charge in [0.15, 0.2) is 0 Å². The Bertz CT molecular complexity index is 501. The van der Waals surface area contributed by atoms with Gasteiger partial charge in [-0.25, -0.2) is 8.78 Å². The smallest absolute Gasteiger partial charge is 0.260 e. The van der Waals surface area contributed by atoms with Crippen molar-refractivity contribution in [2.24, 2.45) is 10.8 Å². The number of halogens is 2. The zero-order chi connectivity index (χ0) is 13.9. The van der Waals surface area contributed by atoms with Gasteiger partial charge in [-0.15, -0.1) is 0 Å². The number of hydrogen-bond acceptors (Lipinski definition) is 1. The average molecular weight is 265 g/mol. The Hall–Kier alpha value is -1.12. The van der Waals surface area contributed by atoms with Crippen LogP contribution < -0.4 is 5.32 Å². The van der Waals surface area contributed by atoms with Crippen LogP contribution >= 0.6 is 0 Å². The maximum atomic E-state index is 13.9. The van der Waals surface area contributed by atoms with Gasteiger partial charge in [-0.1, -0.05) is 39.0 Å². The molecule has 104 valence electrons. The minimum atomic E-state index is -2.49. The van der Waals surface area contributed by atoms with Gasteiger partial charge in [0, 0.05) is 17.6 Å². The van der Waals surface area contributed by atoms with E-state index in [0.717, 1.165) is 5.69 Å². The molecule has 0 saturated heterocycles. The molecule has 0 spiro atoms. The van der Waals surface area contributed by atoms with Crippen LogP contribution in [0.4, 0.5) is 14.5 Å².